The van der Waals surface area contributed by atoms with Gasteiger partial charge in [-0.1, -0.05) is 35.5 Å². The predicted octanol–water partition coefficient (Wildman–Crippen LogP) is 4.22. The zero-order chi connectivity index (χ0) is 17.8. The molecule has 25 heavy (non-hydrogen) atoms. The molecule has 7 heteroatoms. The van der Waals surface area contributed by atoms with E-state index >= 15 is 0 Å². The molecule has 0 saturated heterocycles. The Labute approximate surface area is 148 Å². The lowest BCUT2D eigenvalue weighted by Gasteiger charge is -2.05. The molecule has 1 N–H and O–H groups in total. The molecule has 0 unspecified atom stereocenters. The maximum Gasteiger partial charge on any atom is 0.277 e. The molecule has 0 spiro atoms. The minimum atomic E-state index is -0.356. The number of amides is 1. The van der Waals surface area contributed by atoms with E-state index in [4.69, 9.17) is 4.42 Å². The van der Waals surface area contributed by atoms with Crippen LogP contribution in [0.5, 0.6) is 0 Å². The van der Waals surface area contributed by atoms with Gasteiger partial charge in [-0.3, -0.25) is 4.79 Å². The largest absolute Gasteiger partial charge is 0.411 e. The quantitative estimate of drug-likeness (QED) is 0.692. The monoisotopic (exact) mass is 357 g/mol. The fraction of sp³-hybridized carbons (Fsp3) is 0.167. The summed E-state index contributed by atoms with van der Waals surface area (Å²) in [5.74, 6) is -0.133. The molecule has 3 rings (SSSR count). The molecule has 0 saturated carbocycles. The number of hydrogen-bond acceptors (Lipinski definition) is 5. The van der Waals surface area contributed by atoms with Crippen LogP contribution in [0.15, 0.2) is 52.1 Å². The maximum atomic E-state index is 13.5. The molecule has 3 aromatic rings. The van der Waals surface area contributed by atoms with E-state index < -0.39 is 0 Å². The number of thioether (sulfide) groups is 1. The molecule has 1 amide bonds. The SMILES string of the molecule is Cc1cccc(-c2nnc(SCC(=O)Nc3ccc(C)c(F)c3)o2)c1. The van der Waals surface area contributed by atoms with Crippen LogP contribution in [0.3, 0.4) is 0 Å². The summed E-state index contributed by atoms with van der Waals surface area (Å²) in [6.07, 6.45) is 0. The summed E-state index contributed by atoms with van der Waals surface area (Å²) in [5.41, 5.74) is 2.87. The number of carbonyl (C=O) groups is 1. The number of nitrogens with zero attached hydrogens (tertiary/aromatic N) is 2. The zero-order valence-electron chi connectivity index (χ0n) is 13.7. The number of rotatable bonds is 5. The Hall–Kier alpha value is -2.67. The van der Waals surface area contributed by atoms with Crippen molar-refractivity contribution in [2.75, 3.05) is 11.1 Å². The summed E-state index contributed by atoms with van der Waals surface area (Å²) in [7, 11) is 0. The normalized spacial score (nSPS) is 10.7. The number of anilines is 1. The van der Waals surface area contributed by atoms with Crippen LogP contribution >= 0.6 is 11.8 Å². The van der Waals surface area contributed by atoms with E-state index in [-0.39, 0.29) is 17.5 Å². The first-order chi connectivity index (χ1) is 12.0. The highest BCUT2D eigenvalue weighted by Crippen LogP contribution is 2.24. The van der Waals surface area contributed by atoms with Gasteiger partial charge < -0.3 is 9.73 Å². The van der Waals surface area contributed by atoms with Crippen molar-refractivity contribution >= 4 is 23.4 Å². The van der Waals surface area contributed by atoms with E-state index in [0.717, 1.165) is 22.9 Å². The predicted molar refractivity (Wildman–Crippen MR) is 95.0 cm³/mol. The first-order valence-corrected chi connectivity index (χ1v) is 8.59. The van der Waals surface area contributed by atoms with Crippen molar-refractivity contribution in [3.05, 3.63) is 59.4 Å². The second-order valence-electron chi connectivity index (χ2n) is 5.54. The Morgan fingerprint density at radius 3 is 2.80 bits per heavy atom. The second kappa shape index (κ2) is 7.48. The van der Waals surface area contributed by atoms with Crippen molar-refractivity contribution in [3.63, 3.8) is 0 Å². The van der Waals surface area contributed by atoms with E-state index in [1.807, 2.05) is 31.2 Å². The van der Waals surface area contributed by atoms with E-state index in [9.17, 15) is 9.18 Å². The molecule has 0 fully saturated rings. The summed E-state index contributed by atoms with van der Waals surface area (Å²) in [6.45, 7) is 3.64. The van der Waals surface area contributed by atoms with Gasteiger partial charge in [-0.2, -0.15) is 0 Å². The van der Waals surface area contributed by atoms with E-state index in [0.29, 0.717) is 22.4 Å². The zero-order valence-corrected chi connectivity index (χ0v) is 14.6. The van der Waals surface area contributed by atoms with Gasteiger partial charge in [0.15, 0.2) is 0 Å². The molecular weight excluding hydrogens is 341 g/mol. The Balaban J connectivity index is 1.58. The first-order valence-electron chi connectivity index (χ1n) is 7.60. The van der Waals surface area contributed by atoms with Gasteiger partial charge in [-0.15, -0.1) is 10.2 Å². The number of carbonyl (C=O) groups excluding carboxylic acids is 1. The van der Waals surface area contributed by atoms with Gasteiger partial charge in [0.05, 0.1) is 5.75 Å². The van der Waals surface area contributed by atoms with Crippen LogP contribution in [-0.4, -0.2) is 21.9 Å². The van der Waals surface area contributed by atoms with Crippen LogP contribution in [0.1, 0.15) is 11.1 Å². The average molecular weight is 357 g/mol. The van der Waals surface area contributed by atoms with Gasteiger partial charge in [0.25, 0.3) is 5.22 Å². The minimum absolute atomic E-state index is 0.0882. The molecule has 0 aliphatic rings. The number of nitrogens with one attached hydrogen (secondary N) is 1. The Morgan fingerprint density at radius 2 is 2.04 bits per heavy atom. The van der Waals surface area contributed by atoms with Crippen molar-refractivity contribution in [2.45, 2.75) is 19.1 Å². The summed E-state index contributed by atoms with van der Waals surface area (Å²) in [4.78, 5) is 12.0. The van der Waals surface area contributed by atoms with Crippen molar-refractivity contribution in [3.8, 4) is 11.5 Å². The lowest BCUT2D eigenvalue weighted by atomic mass is 10.1. The van der Waals surface area contributed by atoms with Crippen molar-refractivity contribution in [2.24, 2.45) is 0 Å². The lowest BCUT2D eigenvalue weighted by molar-refractivity contribution is -0.113. The Morgan fingerprint density at radius 1 is 1.20 bits per heavy atom. The molecule has 1 heterocycles. The van der Waals surface area contributed by atoms with Crippen molar-refractivity contribution < 1.29 is 13.6 Å². The first kappa shape index (κ1) is 17.2. The van der Waals surface area contributed by atoms with Crippen LogP contribution < -0.4 is 5.32 Å². The van der Waals surface area contributed by atoms with Gasteiger partial charge in [-0.25, -0.2) is 4.39 Å². The molecule has 2 aromatic carbocycles. The van der Waals surface area contributed by atoms with Crippen LogP contribution in [0, 0.1) is 19.7 Å². The van der Waals surface area contributed by atoms with Gasteiger partial charge in [0.2, 0.25) is 11.8 Å². The summed E-state index contributed by atoms with van der Waals surface area (Å²) < 4.78 is 19.0. The standard InChI is InChI=1S/C18H16FN3O2S/c1-11-4-3-5-13(8-11)17-21-22-18(24-17)25-10-16(23)20-14-7-6-12(2)15(19)9-14/h3-9H,10H2,1-2H3,(H,20,23). The van der Waals surface area contributed by atoms with Crippen molar-refractivity contribution in [1.82, 2.24) is 10.2 Å². The van der Waals surface area contributed by atoms with E-state index in [1.165, 1.54) is 6.07 Å². The van der Waals surface area contributed by atoms with Gasteiger partial charge in [-0.05, 0) is 43.7 Å². The average Bonchev–Trinajstić information content (AvgIpc) is 3.05. The topological polar surface area (TPSA) is 68.0 Å². The molecule has 1 aromatic heterocycles. The summed E-state index contributed by atoms with van der Waals surface area (Å²) >= 11 is 1.13. The van der Waals surface area contributed by atoms with Crippen LogP contribution in [0.25, 0.3) is 11.5 Å². The van der Waals surface area contributed by atoms with Crippen LogP contribution in [-0.2, 0) is 4.79 Å². The molecule has 128 valence electrons. The highest BCUT2D eigenvalue weighted by Gasteiger charge is 2.12. The summed E-state index contributed by atoms with van der Waals surface area (Å²) in [6, 6.07) is 12.3. The number of aryl methyl sites for hydroxylation is 2. The van der Waals surface area contributed by atoms with E-state index in [2.05, 4.69) is 15.5 Å². The highest BCUT2D eigenvalue weighted by molar-refractivity contribution is 7.99. The number of hydrogen-bond donors (Lipinski definition) is 1. The third-order valence-corrected chi connectivity index (χ3v) is 4.27. The molecule has 0 aliphatic carbocycles. The number of benzene rings is 2. The van der Waals surface area contributed by atoms with Crippen LogP contribution in [0.4, 0.5) is 10.1 Å². The van der Waals surface area contributed by atoms with Crippen LogP contribution in [0.2, 0.25) is 0 Å². The maximum absolute atomic E-state index is 13.5. The third kappa shape index (κ3) is 4.45. The molecular formula is C18H16FN3O2S. The fourth-order valence-electron chi connectivity index (χ4n) is 2.16. The van der Waals surface area contributed by atoms with E-state index in [1.54, 1.807) is 19.1 Å². The molecule has 0 atom stereocenters. The fourth-order valence-corrected chi connectivity index (χ4v) is 2.72. The molecule has 5 nitrogen and oxygen atoms in total. The van der Waals surface area contributed by atoms with Gasteiger partial charge in [0.1, 0.15) is 5.82 Å². The Kier molecular flexibility index (Phi) is 5.14. The second-order valence-corrected chi connectivity index (χ2v) is 6.47. The summed E-state index contributed by atoms with van der Waals surface area (Å²) in [5, 5.41) is 10.9. The molecule has 0 bridgehead atoms. The van der Waals surface area contributed by atoms with Gasteiger partial charge >= 0.3 is 0 Å². The lowest BCUT2D eigenvalue weighted by Crippen LogP contribution is -2.14. The molecule has 0 radical (unpaired) electrons. The highest BCUT2D eigenvalue weighted by atomic mass is 32.2. The number of halogens is 1. The minimum Gasteiger partial charge on any atom is -0.411 e. The molecule has 0 aliphatic heterocycles. The smallest absolute Gasteiger partial charge is 0.277 e. The number of aromatic nitrogens is 2. The Bertz CT molecular complexity index is 911. The van der Waals surface area contributed by atoms with Crippen molar-refractivity contribution in [1.29, 1.82) is 0 Å². The third-order valence-electron chi connectivity index (χ3n) is 3.45. The van der Waals surface area contributed by atoms with Gasteiger partial charge in [0, 0.05) is 11.3 Å².